The second kappa shape index (κ2) is 7.49. The molecule has 6 heteroatoms. The van der Waals surface area contributed by atoms with E-state index in [1.165, 1.54) is 0 Å². The van der Waals surface area contributed by atoms with Crippen molar-refractivity contribution in [1.29, 1.82) is 0 Å². The molecule has 0 radical (unpaired) electrons. The van der Waals surface area contributed by atoms with Crippen LogP contribution in [0.4, 0.5) is 0 Å². The average molecular weight is 330 g/mol. The van der Waals surface area contributed by atoms with Crippen LogP contribution in [0, 0.1) is 0 Å². The van der Waals surface area contributed by atoms with Gasteiger partial charge < -0.3 is 18.9 Å². The van der Waals surface area contributed by atoms with Gasteiger partial charge in [0.2, 0.25) is 0 Å². The zero-order valence-corrected chi connectivity index (χ0v) is 14.0. The summed E-state index contributed by atoms with van der Waals surface area (Å²) in [6, 6.07) is 9.16. The zero-order valence-electron chi connectivity index (χ0n) is 14.0. The van der Waals surface area contributed by atoms with Crippen LogP contribution in [-0.4, -0.2) is 48.9 Å². The Labute approximate surface area is 141 Å². The third-order valence-electron chi connectivity index (χ3n) is 4.17. The molecule has 0 saturated carbocycles. The summed E-state index contributed by atoms with van der Waals surface area (Å²) in [5.74, 6) is 1.08. The molecule has 128 valence electrons. The summed E-state index contributed by atoms with van der Waals surface area (Å²) in [5.41, 5.74) is 1.09. The van der Waals surface area contributed by atoms with Crippen molar-refractivity contribution in [1.82, 2.24) is 10.1 Å². The highest BCUT2D eigenvalue weighted by molar-refractivity contribution is 5.93. The summed E-state index contributed by atoms with van der Waals surface area (Å²) < 4.78 is 16.3. The molecule has 1 aromatic heterocycles. The first-order chi connectivity index (χ1) is 11.7. The van der Waals surface area contributed by atoms with Gasteiger partial charge in [-0.05, 0) is 31.9 Å². The molecule has 24 heavy (non-hydrogen) atoms. The van der Waals surface area contributed by atoms with E-state index in [0.717, 1.165) is 24.9 Å². The molecule has 2 heterocycles. The van der Waals surface area contributed by atoms with Crippen molar-refractivity contribution < 1.29 is 18.8 Å². The van der Waals surface area contributed by atoms with Crippen LogP contribution in [0.2, 0.25) is 0 Å². The van der Waals surface area contributed by atoms with Crippen LogP contribution in [0.15, 0.2) is 34.9 Å². The smallest absolute Gasteiger partial charge is 0.276 e. The first kappa shape index (κ1) is 16.5. The van der Waals surface area contributed by atoms with E-state index in [1.807, 2.05) is 31.2 Å². The number of amides is 1. The number of piperidine rings is 1. The van der Waals surface area contributed by atoms with Crippen LogP contribution >= 0.6 is 0 Å². The maximum atomic E-state index is 12.7. The van der Waals surface area contributed by atoms with Gasteiger partial charge in [0, 0.05) is 25.8 Å². The summed E-state index contributed by atoms with van der Waals surface area (Å²) in [7, 11) is 1.60. The van der Waals surface area contributed by atoms with E-state index >= 15 is 0 Å². The lowest BCUT2D eigenvalue weighted by Gasteiger charge is -2.31. The van der Waals surface area contributed by atoms with Gasteiger partial charge in [0.1, 0.15) is 5.75 Å². The molecular formula is C18H22N2O4. The zero-order chi connectivity index (χ0) is 16.9. The fraction of sp³-hybridized carbons (Fsp3) is 0.444. The monoisotopic (exact) mass is 330 g/mol. The van der Waals surface area contributed by atoms with Gasteiger partial charge in [0.15, 0.2) is 11.5 Å². The fourth-order valence-corrected chi connectivity index (χ4v) is 3.01. The number of hydrogen-bond acceptors (Lipinski definition) is 5. The number of benzene rings is 1. The van der Waals surface area contributed by atoms with Crippen molar-refractivity contribution in [3.63, 3.8) is 0 Å². The van der Waals surface area contributed by atoms with Gasteiger partial charge in [-0.2, -0.15) is 0 Å². The van der Waals surface area contributed by atoms with Gasteiger partial charge in [-0.3, -0.25) is 4.79 Å². The largest absolute Gasteiger partial charge is 0.496 e. The Morgan fingerprint density at radius 1 is 1.42 bits per heavy atom. The number of carbonyl (C=O) groups is 1. The molecule has 1 atom stereocenters. The Morgan fingerprint density at radius 3 is 3.04 bits per heavy atom. The Morgan fingerprint density at radius 2 is 2.25 bits per heavy atom. The summed E-state index contributed by atoms with van der Waals surface area (Å²) in [6.45, 7) is 3.95. The standard InChI is InChI=1S/C18H22N2O4/c1-3-23-13-7-6-10-20(12-13)18(21)15-11-17(24-19-15)14-8-4-5-9-16(14)22-2/h4-5,8-9,11,13H,3,6-7,10,12H2,1-2H3/t13-/m1/s1. The SMILES string of the molecule is CCO[C@@H]1CCCN(C(=O)c2cc(-c3ccccc3OC)on2)C1. The Hall–Kier alpha value is -2.34. The maximum Gasteiger partial charge on any atom is 0.276 e. The highest BCUT2D eigenvalue weighted by atomic mass is 16.5. The molecular weight excluding hydrogens is 308 g/mol. The van der Waals surface area contributed by atoms with E-state index in [0.29, 0.717) is 30.4 Å². The molecule has 2 aromatic rings. The summed E-state index contributed by atoms with van der Waals surface area (Å²) in [6.07, 6.45) is 2.03. The van der Waals surface area contributed by atoms with Gasteiger partial charge in [0.25, 0.3) is 5.91 Å². The second-order valence-electron chi connectivity index (χ2n) is 5.75. The summed E-state index contributed by atoms with van der Waals surface area (Å²) >= 11 is 0. The van der Waals surface area contributed by atoms with Crippen molar-refractivity contribution in [3.05, 3.63) is 36.0 Å². The molecule has 1 fully saturated rings. The number of rotatable bonds is 5. The topological polar surface area (TPSA) is 64.8 Å². The molecule has 3 rings (SSSR count). The molecule has 1 aliphatic rings. The summed E-state index contributed by atoms with van der Waals surface area (Å²) in [4.78, 5) is 14.5. The minimum atomic E-state index is -0.121. The van der Waals surface area contributed by atoms with Gasteiger partial charge in [-0.15, -0.1) is 0 Å². The second-order valence-corrected chi connectivity index (χ2v) is 5.75. The first-order valence-corrected chi connectivity index (χ1v) is 8.24. The van der Waals surface area contributed by atoms with Crippen LogP contribution in [0.5, 0.6) is 5.75 Å². The predicted octanol–water partition coefficient (Wildman–Crippen LogP) is 2.99. The van der Waals surface area contributed by atoms with Crippen LogP contribution in [-0.2, 0) is 4.74 Å². The Balaban J connectivity index is 1.76. The van der Waals surface area contributed by atoms with E-state index in [1.54, 1.807) is 18.1 Å². The quantitative estimate of drug-likeness (QED) is 0.843. The lowest BCUT2D eigenvalue weighted by molar-refractivity contribution is 0.00689. The van der Waals surface area contributed by atoms with Gasteiger partial charge >= 0.3 is 0 Å². The van der Waals surface area contributed by atoms with E-state index in [9.17, 15) is 4.79 Å². The van der Waals surface area contributed by atoms with Crippen molar-refractivity contribution in [3.8, 4) is 17.1 Å². The molecule has 1 amide bonds. The average Bonchev–Trinajstić information content (AvgIpc) is 3.11. The molecule has 0 aliphatic carbocycles. The van der Waals surface area contributed by atoms with Crippen molar-refractivity contribution in [2.45, 2.75) is 25.9 Å². The number of hydrogen-bond donors (Lipinski definition) is 0. The van der Waals surface area contributed by atoms with Crippen molar-refractivity contribution >= 4 is 5.91 Å². The molecule has 0 spiro atoms. The fourth-order valence-electron chi connectivity index (χ4n) is 3.01. The normalized spacial score (nSPS) is 17.8. The van der Waals surface area contributed by atoms with Gasteiger partial charge in [0.05, 0.1) is 18.8 Å². The molecule has 6 nitrogen and oxygen atoms in total. The number of nitrogens with zero attached hydrogens (tertiary/aromatic N) is 2. The number of likely N-dealkylation sites (tertiary alicyclic amines) is 1. The minimum Gasteiger partial charge on any atom is -0.496 e. The molecule has 1 aromatic carbocycles. The summed E-state index contributed by atoms with van der Waals surface area (Å²) in [5, 5.41) is 3.95. The van der Waals surface area contributed by atoms with Crippen molar-refractivity contribution in [2.24, 2.45) is 0 Å². The minimum absolute atomic E-state index is 0.105. The van der Waals surface area contributed by atoms with Crippen LogP contribution in [0.1, 0.15) is 30.3 Å². The third kappa shape index (κ3) is 3.43. The van der Waals surface area contributed by atoms with E-state index in [2.05, 4.69) is 5.16 Å². The maximum absolute atomic E-state index is 12.7. The number of carbonyl (C=O) groups excluding carboxylic acids is 1. The van der Waals surface area contributed by atoms with Crippen LogP contribution in [0.25, 0.3) is 11.3 Å². The number of para-hydroxylation sites is 1. The van der Waals surface area contributed by atoms with Gasteiger partial charge in [-0.1, -0.05) is 17.3 Å². The number of ether oxygens (including phenoxy) is 2. The molecule has 1 saturated heterocycles. The number of methoxy groups -OCH3 is 1. The molecule has 0 bridgehead atoms. The predicted molar refractivity (Wildman–Crippen MR) is 89.0 cm³/mol. The van der Waals surface area contributed by atoms with E-state index < -0.39 is 0 Å². The Kier molecular flexibility index (Phi) is 5.15. The third-order valence-corrected chi connectivity index (χ3v) is 4.17. The van der Waals surface area contributed by atoms with E-state index in [4.69, 9.17) is 14.0 Å². The lowest BCUT2D eigenvalue weighted by atomic mass is 10.1. The van der Waals surface area contributed by atoms with Crippen molar-refractivity contribution in [2.75, 3.05) is 26.8 Å². The number of aromatic nitrogens is 1. The van der Waals surface area contributed by atoms with Crippen LogP contribution < -0.4 is 4.74 Å². The molecule has 1 aliphatic heterocycles. The highest BCUT2D eigenvalue weighted by Crippen LogP contribution is 2.30. The van der Waals surface area contributed by atoms with E-state index in [-0.39, 0.29) is 12.0 Å². The Bertz CT molecular complexity index is 696. The van der Waals surface area contributed by atoms with Crippen LogP contribution in [0.3, 0.4) is 0 Å². The highest BCUT2D eigenvalue weighted by Gasteiger charge is 2.27. The molecule has 0 N–H and O–H groups in total. The lowest BCUT2D eigenvalue weighted by Crippen LogP contribution is -2.43. The first-order valence-electron chi connectivity index (χ1n) is 8.24. The van der Waals surface area contributed by atoms with Gasteiger partial charge in [-0.25, -0.2) is 0 Å². The molecule has 0 unspecified atom stereocenters.